The molecule has 0 unspecified atom stereocenters. The molecular weight excluding hydrogens is 540 g/mol. The van der Waals surface area contributed by atoms with Crippen molar-refractivity contribution in [2.24, 2.45) is 5.41 Å². The number of ether oxygens (including phenoxy) is 5. The summed E-state index contributed by atoms with van der Waals surface area (Å²) < 4.78 is 27.1. The molecule has 2 aromatic carbocycles. The predicted molar refractivity (Wildman–Crippen MR) is 157 cm³/mol. The number of carbonyl (C=O) groups is 3. The highest BCUT2D eigenvalue weighted by Crippen LogP contribution is 2.33. The highest BCUT2D eigenvalue weighted by atomic mass is 16.6. The van der Waals surface area contributed by atoms with Gasteiger partial charge in [-0.25, -0.2) is 9.78 Å². The number of rotatable bonds is 10. The van der Waals surface area contributed by atoms with Gasteiger partial charge in [0.2, 0.25) is 5.75 Å². The Morgan fingerprint density at radius 1 is 0.810 bits per heavy atom. The van der Waals surface area contributed by atoms with Crippen LogP contribution in [0.4, 0.5) is 0 Å². The van der Waals surface area contributed by atoms with Gasteiger partial charge in [-0.1, -0.05) is 24.3 Å². The van der Waals surface area contributed by atoms with E-state index >= 15 is 0 Å². The van der Waals surface area contributed by atoms with E-state index in [2.05, 4.69) is 10.3 Å². The molecule has 0 radical (unpaired) electrons. The normalized spacial score (nSPS) is 11.5. The molecule has 222 valence electrons. The van der Waals surface area contributed by atoms with Crippen LogP contribution in [0, 0.1) is 5.41 Å². The first-order chi connectivity index (χ1) is 19.9. The van der Waals surface area contributed by atoms with Gasteiger partial charge in [0.05, 0.1) is 26.7 Å². The molecule has 0 bridgehead atoms. The van der Waals surface area contributed by atoms with Crippen LogP contribution in [-0.2, 0) is 14.3 Å². The van der Waals surface area contributed by atoms with E-state index in [1.54, 1.807) is 41.9 Å². The SMILES string of the molecule is COc1ccc(C(=C(C)OC(=O)[C@H](C)NC(=O)c2nccc(OC)c2OC(=O)C(C)(C)C)c2ccc(OC)cc2)cc1. The fourth-order valence-corrected chi connectivity index (χ4v) is 3.80. The lowest BCUT2D eigenvalue weighted by molar-refractivity contribution is -0.143. The summed E-state index contributed by atoms with van der Waals surface area (Å²) in [4.78, 5) is 43.0. The fraction of sp³-hybridized carbons (Fsp3) is 0.312. The molecular formula is C32H36N2O8. The molecule has 1 aromatic heterocycles. The van der Waals surface area contributed by atoms with Crippen molar-refractivity contribution in [1.82, 2.24) is 10.3 Å². The Kier molecular flexibility index (Phi) is 10.3. The summed E-state index contributed by atoms with van der Waals surface area (Å²) >= 11 is 0. The summed E-state index contributed by atoms with van der Waals surface area (Å²) in [6, 6.07) is 15.0. The largest absolute Gasteiger partial charge is 0.497 e. The number of methoxy groups -OCH3 is 3. The maximum atomic E-state index is 13.2. The Balaban J connectivity index is 1.88. The van der Waals surface area contributed by atoms with Crippen LogP contribution in [0.5, 0.6) is 23.0 Å². The maximum Gasteiger partial charge on any atom is 0.333 e. The van der Waals surface area contributed by atoms with E-state index in [4.69, 9.17) is 23.7 Å². The average molecular weight is 577 g/mol. The van der Waals surface area contributed by atoms with Gasteiger partial charge in [-0.15, -0.1) is 0 Å². The van der Waals surface area contributed by atoms with Crippen LogP contribution in [-0.4, -0.2) is 50.2 Å². The minimum absolute atomic E-state index is 0.143. The topological polar surface area (TPSA) is 122 Å². The zero-order valence-corrected chi connectivity index (χ0v) is 25.1. The lowest BCUT2D eigenvalue weighted by Gasteiger charge is -2.20. The number of aromatic nitrogens is 1. The maximum absolute atomic E-state index is 13.2. The molecule has 3 rings (SSSR count). The van der Waals surface area contributed by atoms with Crippen molar-refractivity contribution in [2.75, 3.05) is 21.3 Å². The van der Waals surface area contributed by atoms with Crippen LogP contribution >= 0.6 is 0 Å². The van der Waals surface area contributed by atoms with Crippen LogP contribution in [0.15, 0.2) is 66.6 Å². The second-order valence-electron chi connectivity index (χ2n) is 10.3. The van der Waals surface area contributed by atoms with Gasteiger partial charge in [0, 0.05) is 17.8 Å². The first-order valence-corrected chi connectivity index (χ1v) is 13.2. The number of hydrogen-bond acceptors (Lipinski definition) is 9. The Bertz CT molecular complexity index is 1410. The van der Waals surface area contributed by atoms with Crippen LogP contribution in [0.25, 0.3) is 5.57 Å². The van der Waals surface area contributed by atoms with Crippen molar-refractivity contribution in [2.45, 2.75) is 40.7 Å². The highest BCUT2D eigenvalue weighted by molar-refractivity contribution is 5.99. The number of pyridine rings is 1. The van der Waals surface area contributed by atoms with Gasteiger partial charge in [-0.3, -0.25) is 9.59 Å². The molecule has 0 aliphatic heterocycles. The smallest absolute Gasteiger partial charge is 0.333 e. The first-order valence-electron chi connectivity index (χ1n) is 13.2. The summed E-state index contributed by atoms with van der Waals surface area (Å²) in [7, 11) is 4.54. The molecule has 0 aliphatic rings. The van der Waals surface area contributed by atoms with E-state index in [9.17, 15) is 14.4 Å². The number of carbonyl (C=O) groups excluding carboxylic acids is 3. The van der Waals surface area contributed by atoms with E-state index in [0.29, 0.717) is 22.8 Å². The highest BCUT2D eigenvalue weighted by Gasteiger charge is 2.30. The minimum atomic E-state index is -1.08. The quantitative estimate of drug-likeness (QED) is 0.256. The summed E-state index contributed by atoms with van der Waals surface area (Å²) in [6.45, 7) is 8.19. The Morgan fingerprint density at radius 3 is 1.79 bits per heavy atom. The number of allylic oxidation sites excluding steroid dienone is 1. The number of hydrogen-bond donors (Lipinski definition) is 1. The van der Waals surface area contributed by atoms with Crippen LogP contribution in [0.3, 0.4) is 0 Å². The number of nitrogens with one attached hydrogen (secondary N) is 1. The van der Waals surface area contributed by atoms with Crippen molar-refractivity contribution < 1.29 is 38.1 Å². The second kappa shape index (κ2) is 13.7. The van der Waals surface area contributed by atoms with Crippen molar-refractivity contribution >= 4 is 23.4 Å². The molecule has 1 heterocycles. The molecule has 1 atom stereocenters. The van der Waals surface area contributed by atoms with Gasteiger partial charge in [0.1, 0.15) is 23.3 Å². The Hall–Kier alpha value is -4.86. The number of amides is 1. The Morgan fingerprint density at radius 2 is 1.33 bits per heavy atom. The second-order valence-corrected chi connectivity index (χ2v) is 10.3. The lowest BCUT2D eigenvalue weighted by Crippen LogP contribution is -2.40. The zero-order valence-electron chi connectivity index (χ0n) is 25.1. The van der Waals surface area contributed by atoms with Crippen molar-refractivity contribution in [3.63, 3.8) is 0 Å². The molecule has 3 aromatic rings. The van der Waals surface area contributed by atoms with E-state index in [-0.39, 0.29) is 17.2 Å². The van der Waals surface area contributed by atoms with Gasteiger partial charge >= 0.3 is 11.9 Å². The fourth-order valence-electron chi connectivity index (χ4n) is 3.80. The number of esters is 2. The Labute approximate surface area is 245 Å². The summed E-state index contributed by atoms with van der Waals surface area (Å²) in [6.07, 6.45) is 1.34. The minimum Gasteiger partial charge on any atom is -0.497 e. The van der Waals surface area contributed by atoms with E-state index in [1.165, 1.54) is 26.3 Å². The van der Waals surface area contributed by atoms with E-state index < -0.39 is 29.3 Å². The number of benzene rings is 2. The third-order valence-electron chi connectivity index (χ3n) is 6.17. The molecule has 0 aliphatic carbocycles. The van der Waals surface area contributed by atoms with E-state index in [1.807, 2.05) is 48.5 Å². The van der Waals surface area contributed by atoms with Crippen molar-refractivity contribution in [1.29, 1.82) is 0 Å². The van der Waals surface area contributed by atoms with E-state index in [0.717, 1.165) is 11.1 Å². The molecule has 10 nitrogen and oxygen atoms in total. The predicted octanol–water partition coefficient (Wildman–Crippen LogP) is 5.20. The lowest BCUT2D eigenvalue weighted by atomic mass is 9.96. The molecule has 0 fully saturated rings. The van der Waals surface area contributed by atoms with Crippen LogP contribution < -0.4 is 24.3 Å². The molecule has 0 saturated carbocycles. The summed E-state index contributed by atoms with van der Waals surface area (Å²) in [5, 5.41) is 2.58. The molecule has 1 amide bonds. The zero-order chi connectivity index (χ0) is 31.0. The van der Waals surface area contributed by atoms with Gasteiger partial charge < -0.3 is 29.0 Å². The van der Waals surface area contributed by atoms with Gasteiger partial charge in [0.15, 0.2) is 11.4 Å². The molecule has 42 heavy (non-hydrogen) atoms. The number of nitrogens with zero attached hydrogens (tertiary/aromatic N) is 1. The van der Waals surface area contributed by atoms with Crippen LogP contribution in [0.1, 0.15) is 56.2 Å². The molecule has 0 saturated heterocycles. The molecule has 1 N–H and O–H groups in total. The standard InChI is InChI=1S/C32H36N2O8/c1-19(34-29(35)27-28(25(40-8)17-18-33-27)42-31(37)32(3,4)5)30(36)41-20(2)26(21-9-13-23(38-6)14-10-21)22-11-15-24(39-7)16-12-22/h9-19H,1-8H3,(H,34,35)/t19-/m0/s1. The average Bonchev–Trinajstić information content (AvgIpc) is 2.97. The molecule has 0 spiro atoms. The van der Waals surface area contributed by atoms with Gasteiger partial charge in [0.25, 0.3) is 5.91 Å². The monoisotopic (exact) mass is 576 g/mol. The third kappa shape index (κ3) is 7.66. The van der Waals surface area contributed by atoms with Crippen LogP contribution in [0.2, 0.25) is 0 Å². The van der Waals surface area contributed by atoms with Crippen molar-refractivity contribution in [3.05, 3.63) is 83.4 Å². The first kappa shape index (κ1) is 31.7. The van der Waals surface area contributed by atoms with Crippen molar-refractivity contribution in [3.8, 4) is 23.0 Å². The summed E-state index contributed by atoms with van der Waals surface area (Å²) in [5.41, 5.74) is 1.18. The van der Waals surface area contributed by atoms with Gasteiger partial charge in [-0.05, 0) is 70.0 Å². The summed E-state index contributed by atoms with van der Waals surface area (Å²) in [5.74, 6) is -0.370. The molecule has 10 heteroatoms. The third-order valence-corrected chi connectivity index (χ3v) is 6.17. The van der Waals surface area contributed by atoms with Gasteiger partial charge in [-0.2, -0.15) is 0 Å².